The Balaban J connectivity index is 2.01. The van der Waals surface area contributed by atoms with Crippen LogP contribution in [0.3, 0.4) is 0 Å². The Kier molecular flexibility index (Phi) is 3.87. The van der Waals surface area contributed by atoms with Gasteiger partial charge in [-0.05, 0) is 30.9 Å². The first kappa shape index (κ1) is 11.8. The molecule has 1 fully saturated rings. The number of anilines is 1. The first-order valence-electron chi connectivity index (χ1n) is 6.15. The third kappa shape index (κ3) is 2.91. The summed E-state index contributed by atoms with van der Waals surface area (Å²) in [5.74, 6) is 1.54. The third-order valence-corrected chi connectivity index (χ3v) is 3.39. The molecular weight excluding hydrogens is 212 g/mol. The molecular formula is C14H18N2O. The molecule has 90 valence electrons. The molecule has 2 rings (SSSR count). The molecule has 0 spiro atoms. The van der Waals surface area contributed by atoms with E-state index in [0.717, 1.165) is 23.9 Å². The predicted molar refractivity (Wildman–Crippen MR) is 68.2 cm³/mol. The lowest BCUT2D eigenvalue weighted by atomic mass is 10.1. The zero-order valence-corrected chi connectivity index (χ0v) is 10.2. The summed E-state index contributed by atoms with van der Waals surface area (Å²) in [5, 5.41) is 12.2. The Hall–Kier alpha value is -1.69. The number of ether oxygens (including phenoxy) is 1. The number of rotatable bonds is 4. The average molecular weight is 230 g/mol. The van der Waals surface area contributed by atoms with Crippen LogP contribution < -0.4 is 10.1 Å². The summed E-state index contributed by atoms with van der Waals surface area (Å²) >= 11 is 0. The van der Waals surface area contributed by atoms with Gasteiger partial charge in [0.05, 0.1) is 24.4 Å². The standard InChI is InChI=1S/C14H18N2O/c1-17-14-8-12(9-15)6-7-13(14)16-10-11-4-2-3-5-11/h6-8,11,16H,2-5,10H2,1H3. The maximum atomic E-state index is 8.82. The van der Waals surface area contributed by atoms with Gasteiger partial charge in [0.25, 0.3) is 0 Å². The van der Waals surface area contributed by atoms with Crippen LogP contribution in [-0.4, -0.2) is 13.7 Å². The molecule has 0 saturated heterocycles. The fourth-order valence-corrected chi connectivity index (χ4v) is 2.38. The van der Waals surface area contributed by atoms with Gasteiger partial charge >= 0.3 is 0 Å². The molecule has 3 nitrogen and oxygen atoms in total. The highest BCUT2D eigenvalue weighted by Gasteiger charge is 2.15. The number of nitrogens with zero attached hydrogens (tertiary/aromatic N) is 1. The van der Waals surface area contributed by atoms with E-state index in [9.17, 15) is 0 Å². The Morgan fingerprint density at radius 1 is 1.41 bits per heavy atom. The first-order chi connectivity index (χ1) is 8.33. The van der Waals surface area contributed by atoms with Gasteiger partial charge in [-0.15, -0.1) is 0 Å². The number of benzene rings is 1. The normalized spacial score (nSPS) is 15.5. The van der Waals surface area contributed by atoms with Crippen LogP contribution in [-0.2, 0) is 0 Å². The number of nitrogens with one attached hydrogen (secondary N) is 1. The summed E-state index contributed by atoms with van der Waals surface area (Å²) in [5.41, 5.74) is 1.62. The molecule has 0 radical (unpaired) electrons. The van der Waals surface area contributed by atoms with Gasteiger partial charge < -0.3 is 10.1 Å². The molecule has 0 aromatic heterocycles. The van der Waals surface area contributed by atoms with Crippen molar-refractivity contribution < 1.29 is 4.74 Å². The van der Waals surface area contributed by atoms with Gasteiger partial charge in [-0.2, -0.15) is 5.26 Å². The molecule has 1 aromatic rings. The second kappa shape index (κ2) is 5.58. The lowest BCUT2D eigenvalue weighted by Gasteiger charge is -2.14. The van der Waals surface area contributed by atoms with E-state index in [1.54, 1.807) is 13.2 Å². The highest BCUT2D eigenvalue weighted by Crippen LogP contribution is 2.28. The van der Waals surface area contributed by atoms with Crippen LogP contribution in [0.5, 0.6) is 5.75 Å². The van der Waals surface area contributed by atoms with Gasteiger partial charge in [0, 0.05) is 12.6 Å². The fraction of sp³-hybridized carbons (Fsp3) is 0.500. The minimum absolute atomic E-state index is 0.633. The van der Waals surface area contributed by atoms with Crippen molar-refractivity contribution in [2.45, 2.75) is 25.7 Å². The van der Waals surface area contributed by atoms with Gasteiger partial charge in [0.1, 0.15) is 5.75 Å². The molecule has 1 aliphatic carbocycles. The number of hydrogen-bond acceptors (Lipinski definition) is 3. The van der Waals surface area contributed by atoms with Gasteiger partial charge in [-0.1, -0.05) is 12.8 Å². The summed E-state index contributed by atoms with van der Waals surface area (Å²) in [6, 6.07) is 7.64. The molecule has 1 N–H and O–H groups in total. The topological polar surface area (TPSA) is 45.0 Å². The molecule has 3 heteroatoms. The quantitative estimate of drug-likeness (QED) is 0.864. The predicted octanol–water partition coefficient (Wildman–Crippen LogP) is 3.17. The number of methoxy groups -OCH3 is 1. The van der Waals surface area contributed by atoms with Crippen molar-refractivity contribution in [2.75, 3.05) is 19.0 Å². The van der Waals surface area contributed by atoms with Gasteiger partial charge in [-0.25, -0.2) is 0 Å². The van der Waals surface area contributed by atoms with Crippen molar-refractivity contribution >= 4 is 5.69 Å². The largest absolute Gasteiger partial charge is 0.495 e. The van der Waals surface area contributed by atoms with Crippen LogP contribution in [0.2, 0.25) is 0 Å². The van der Waals surface area contributed by atoms with E-state index in [1.807, 2.05) is 12.1 Å². The van der Waals surface area contributed by atoms with E-state index in [-0.39, 0.29) is 0 Å². The first-order valence-corrected chi connectivity index (χ1v) is 6.15. The lowest BCUT2D eigenvalue weighted by molar-refractivity contribution is 0.416. The number of nitriles is 1. The van der Waals surface area contributed by atoms with Crippen molar-refractivity contribution in [3.63, 3.8) is 0 Å². The smallest absolute Gasteiger partial charge is 0.143 e. The van der Waals surface area contributed by atoms with Crippen LogP contribution in [0.1, 0.15) is 31.2 Å². The van der Waals surface area contributed by atoms with E-state index in [1.165, 1.54) is 25.7 Å². The zero-order valence-electron chi connectivity index (χ0n) is 10.2. The Morgan fingerprint density at radius 3 is 2.82 bits per heavy atom. The van der Waals surface area contributed by atoms with Crippen molar-refractivity contribution in [3.8, 4) is 11.8 Å². The Morgan fingerprint density at radius 2 is 2.18 bits per heavy atom. The number of hydrogen-bond donors (Lipinski definition) is 1. The van der Waals surface area contributed by atoms with E-state index < -0.39 is 0 Å². The summed E-state index contributed by atoms with van der Waals surface area (Å²) in [6.45, 7) is 1.00. The maximum Gasteiger partial charge on any atom is 0.143 e. The summed E-state index contributed by atoms with van der Waals surface area (Å²) < 4.78 is 5.29. The zero-order chi connectivity index (χ0) is 12.1. The van der Waals surface area contributed by atoms with Crippen LogP contribution in [0, 0.1) is 17.2 Å². The van der Waals surface area contributed by atoms with Crippen LogP contribution in [0.25, 0.3) is 0 Å². The van der Waals surface area contributed by atoms with Gasteiger partial charge in [0.15, 0.2) is 0 Å². The minimum Gasteiger partial charge on any atom is -0.495 e. The molecule has 0 aliphatic heterocycles. The molecule has 0 bridgehead atoms. The molecule has 0 atom stereocenters. The minimum atomic E-state index is 0.633. The molecule has 17 heavy (non-hydrogen) atoms. The maximum absolute atomic E-state index is 8.82. The molecule has 1 aliphatic rings. The second-order valence-corrected chi connectivity index (χ2v) is 4.56. The molecule has 1 saturated carbocycles. The van der Waals surface area contributed by atoms with E-state index in [0.29, 0.717) is 5.56 Å². The summed E-state index contributed by atoms with van der Waals surface area (Å²) in [4.78, 5) is 0. The molecule has 1 aromatic carbocycles. The third-order valence-electron chi connectivity index (χ3n) is 3.39. The molecule has 0 amide bonds. The van der Waals surface area contributed by atoms with Crippen LogP contribution >= 0.6 is 0 Å². The van der Waals surface area contributed by atoms with E-state index >= 15 is 0 Å². The van der Waals surface area contributed by atoms with E-state index in [2.05, 4.69) is 11.4 Å². The van der Waals surface area contributed by atoms with Gasteiger partial charge in [0.2, 0.25) is 0 Å². The fourth-order valence-electron chi connectivity index (χ4n) is 2.38. The van der Waals surface area contributed by atoms with Gasteiger partial charge in [-0.3, -0.25) is 0 Å². The Bertz CT molecular complexity index is 417. The lowest BCUT2D eigenvalue weighted by Crippen LogP contribution is -2.11. The SMILES string of the molecule is COc1cc(C#N)ccc1NCC1CCCC1. The molecule has 0 unspecified atom stereocenters. The van der Waals surface area contributed by atoms with Crippen LogP contribution in [0.4, 0.5) is 5.69 Å². The van der Waals surface area contributed by atoms with Crippen molar-refractivity contribution in [1.29, 1.82) is 5.26 Å². The summed E-state index contributed by atoms with van der Waals surface area (Å²) in [6.07, 6.45) is 5.37. The Labute approximate surface area is 102 Å². The van der Waals surface area contributed by atoms with Crippen LogP contribution in [0.15, 0.2) is 18.2 Å². The highest BCUT2D eigenvalue weighted by molar-refractivity contribution is 5.59. The van der Waals surface area contributed by atoms with E-state index in [4.69, 9.17) is 10.00 Å². The summed E-state index contributed by atoms with van der Waals surface area (Å²) in [7, 11) is 1.64. The van der Waals surface area contributed by atoms with Crippen molar-refractivity contribution in [3.05, 3.63) is 23.8 Å². The highest BCUT2D eigenvalue weighted by atomic mass is 16.5. The monoisotopic (exact) mass is 230 g/mol. The average Bonchev–Trinajstić information content (AvgIpc) is 2.89. The van der Waals surface area contributed by atoms with Crippen molar-refractivity contribution in [1.82, 2.24) is 0 Å². The van der Waals surface area contributed by atoms with Crippen molar-refractivity contribution in [2.24, 2.45) is 5.92 Å². The second-order valence-electron chi connectivity index (χ2n) is 4.56. The molecule has 0 heterocycles.